The van der Waals surface area contributed by atoms with Crippen molar-refractivity contribution in [3.8, 4) is 11.5 Å². The second kappa shape index (κ2) is 34.0. The monoisotopic (exact) mass is 1860 g/mol. The van der Waals surface area contributed by atoms with Gasteiger partial charge in [-0.15, -0.1) is 0 Å². The van der Waals surface area contributed by atoms with Crippen molar-refractivity contribution in [3.63, 3.8) is 0 Å². The number of hydrogen-bond acceptors (Lipinski definition) is 27. The third kappa shape index (κ3) is 13.2. The maximum absolute atomic E-state index is 15.4. The molecular formula is C107H128N8O21. The number of nitrogens with one attached hydrogen (secondary N) is 2. The van der Waals surface area contributed by atoms with Gasteiger partial charge in [-0.1, -0.05) is 124 Å². The molecule has 2 unspecified atom stereocenters. The standard InChI is InChI=1S/C46H56N4O9.C46H58N4O9.C15H14O3/c1-8-42-16-12-18-50-20-17-44(37(42)50)30-21-31(34(55-5)22-33(30)48(4)38(44)46(54,41(53)57-7)39(42)58-26(3)51)45(40(52)56-6)23-27-24-49(25-43(9-2)36(27)59-43)19-15-29-28-13-10-11-14-32(28)47-35(29)45;1-8-42(54)23-28-24-45(40(52)57-6,36-30(15-19-49(25-28)26-42)29-13-10-11-14-33(29)47-36)32-21-31-34(22-35(32)56-5)48(4)38-44(31)17-20-50-18-12-16-43(9-2,37(44)50)39(59-27(3)51)46(38,55)41(53)58-7;1-9(2)7-8-12-13(16)10-5-3-4-6-11(10)14(17)15(12)18/h10-14,16,21-22,27,36-39,47,54H,8-9,15,17-20,23-25H2,1-7H3;10-14,16,21-22,28,37-39,47,54-55H,8-9,15,17-20,23-26H2,1-7H3;3-7,16H,8H2,1-2H3/t27-,36-,37+,38-,39-,42-,43+,44-,45+,46+;28-,37+,38-,39-,42-,43-,44-,45+,46+;/m11./s1. The van der Waals surface area contributed by atoms with E-state index in [4.69, 9.17) is 42.6 Å². The van der Waals surface area contributed by atoms with Crippen molar-refractivity contribution < 1.29 is 101 Å². The van der Waals surface area contributed by atoms with Crippen LogP contribution in [0.1, 0.15) is 180 Å². The first kappa shape index (κ1) is 94.0. The number of carbonyl (C=O) groups is 8. The average Bonchev–Trinajstić information content (AvgIpc) is 1.47. The van der Waals surface area contributed by atoms with E-state index in [1.54, 1.807) is 38.5 Å². The van der Waals surface area contributed by atoms with E-state index >= 15 is 9.59 Å². The zero-order chi connectivity index (χ0) is 96.6. The summed E-state index contributed by atoms with van der Waals surface area (Å²) in [6, 6.07) is 28.7. The Labute approximate surface area is 792 Å². The zero-order valence-electron chi connectivity index (χ0n) is 80.8. The Morgan fingerprint density at radius 2 is 0.985 bits per heavy atom. The van der Waals surface area contributed by atoms with Crippen molar-refractivity contribution in [1.29, 1.82) is 0 Å². The van der Waals surface area contributed by atoms with Gasteiger partial charge in [-0.2, -0.15) is 0 Å². The molecule has 7 fully saturated rings. The van der Waals surface area contributed by atoms with E-state index in [9.17, 15) is 49.2 Å². The van der Waals surface area contributed by atoms with Gasteiger partial charge >= 0.3 is 35.8 Å². The highest BCUT2D eigenvalue weighted by atomic mass is 16.6. The van der Waals surface area contributed by atoms with Gasteiger partial charge in [0.05, 0.1) is 66.4 Å². The summed E-state index contributed by atoms with van der Waals surface area (Å²) in [4.78, 5) is 130. The molecule has 14 aliphatic rings. The number of H-pyrrole nitrogens is 2. The van der Waals surface area contributed by atoms with Crippen molar-refractivity contribution in [2.75, 3.05) is 132 Å². The highest BCUT2D eigenvalue weighted by molar-refractivity contribution is 6.52. The number of aromatic nitrogens is 2. The lowest BCUT2D eigenvalue weighted by molar-refractivity contribution is -0.229. The third-order valence-corrected chi connectivity index (χ3v) is 34.6. The number of Topliss-reactive ketones (excluding diaryl/α,β-unsaturated/α-hetero) is 2. The van der Waals surface area contributed by atoms with E-state index in [2.05, 4.69) is 91.1 Å². The minimum Gasteiger partial charge on any atom is -0.507 e. The minimum absolute atomic E-state index is 0.00603. The number of hydrogen-bond donors (Lipinski definition) is 6. The number of aliphatic hydroxyl groups excluding tert-OH is 1. The van der Waals surface area contributed by atoms with Crippen LogP contribution >= 0.6 is 0 Å². The molecule has 2 aromatic heterocycles. The quantitative estimate of drug-likeness (QED) is 0.0172. The lowest BCUT2D eigenvalue weighted by Gasteiger charge is -2.63. The molecule has 3 aliphatic carbocycles. The largest absolute Gasteiger partial charge is 0.507 e. The number of methoxy groups -OCH3 is 6. The summed E-state index contributed by atoms with van der Waals surface area (Å²) in [5, 5.41) is 50.8. The summed E-state index contributed by atoms with van der Waals surface area (Å²) in [6.45, 7) is 21.8. The number of aliphatic hydroxyl groups is 4. The number of benzene rings is 5. The first-order valence-electron chi connectivity index (χ1n) is 48.3. The van der Waals surface area contributed by atoms with E-state index in [1.165, 1.54) is 42.3 Å². The van der Waals surface area contributed by atoms with Crippen molar-refractivity contribution in [3.05, 3.63) is 194 Å². The van der Waals surface area contributed by atoms with Gasteiger partial charge in [-0.05, 0) is 156 Å². The predicted molar refractivity (Wildman–Crippen MR) is 508 cm³/mol. The Kier molecular flexibility index (Phi) is 23.5. The van der Waals surface area contributed by atoms with Crippen molar-refractivity contribution in [2.24, 2.45) is 22.7 Å². The van der Waals surface area contributed by atoms with E-state index in [1.807, 2.05) is 107 Å². The number of esters is 6. The lowest BCUT2D eigenvalue weighted by atomic mass is 9.47. The Balaban J connectivity index is 0.000000147. The minimum atomic E-state index is -2.30. The molecule has 0 amide bonds. The Morgan fingerprint density at radius 1 is 0.522 bits per heavy atom. The fraction of sp³-hybridized carbons (Fsp3) is 0.533. The predicted octanol–water partition coefficient (Wildman–Crippen LogP) is 11.1. The van der Waals surface area contributed by atoms with Gasteiger partial charge in [0.25, 0.3) is 0 Å². The smallest absolute Gasteiger partial charge is 0.344 e. The molecule has 7 aromatic rings. The van der Waals surface area contributed by atoms with Crippen LogP contribution in [0.4, 0.5) is 11.4 Å². The fourth-order valence-corrected chi connectivity index (χ4v) is 29.3. The van der Waals surface area contributed by atoms with Crippen LogP contribution in [0.3, 0.4) is 0 Å². The summed E-state index contributed by atoms with van der Waals surface area (Å²) in [6.07, 6.45) is 14.0. The Bertz CT molecular complexity index is 6220. The number of aromatic amines is 2. The number of epoxide rings is 1. The van der Waals surface area contributed by atoms with Crippen molar-refractivity contribution in [2.45, 2.75) is 219 Å². The van der Waals surface area contributed by atoms with Gasteiger partial charge in [0, 0.05) is 204 Å². The average molecular weight is 1860 g/mol. The molecular weight excluding hydrogens is 1730 g/mol. The van der Waals surface area contributed by atoms with Gasteiger partial charge in [-0.25, -0.2) is 9.59 Å². The highest BCUT2D eigenvalue weighted by Crippen LogP contribution is 2.72. The van der Waals surface area contributed by atoms with E-state index in [-0.39, 0.29) is 58.9 Å². The normalized spacial score (nSPS) is 34.8. The maximum Gasteiger partial charge on any atom is 0.344 e. The molecule has 0 radical (unpaired) electrons. The van der Waals surface area contributed by atoms with Gasteiger partial charge in [0.15, 0.2) is 12.2 Å². The molecule has 5 saturated heterocycles. The first-order valence-corrected chi connectivity index (χ1v) is 48.3. The van der Waals surface area contributed by atoms with E-state index in [0.717, 1.165) is 98.5 Å². The number of allylic oxidation sites excluding steroid dienone is 3. The number of ether oxygens (including phenoxy) is 9. The van der Waals surface area contributed by atoms with Crippen LogP contribution in [0.5, 0.6) is 11.5 Å². The van der Waals surface area contributed by atoms with E-state index < -0.39 is 121 Å². The molecule has 2 saturated carbocycles. The number of ketones is 2. The molecule has 722 valence electrons. The van der Waals surface area contributed by atoms with Crippen molar-refractivity contribution >= 4 is 86.3 Å². The van der Waals surface area contributed by atoms with Crippen molar-refractivity contribution in [1.82, 2.24) is 29.6 Å². The summed E-state index contributed by atoms with van der Waals surface area (Å²) in [5.41, 5.74) is -0.313. The topological polar surface area (TPSA) is 355 Å². The number of fused-ring (bicyclic) bond motifs is 15. The Hall–Kier alpha value is -11.0. The molecule has 4 bridgehead atoms. The number of anilines is 2. The van der Waals surface area contributed by atoms with Crippen LogP contribution in [0.15, 0.2) is 139 Å². The van der Waals surface area contributed by atoms with Crippen LogP contribution < -0.4 is 19.3 Å². The summed E-state index contributed by atoms with van der Waals surface area (Å²) < 4.78 is 54.6. The SMILES string of the molecule is CC(C)=CCC1=C(O)c2ccccc2C(=O)C1=O.CC[C@@]1(O)C[C@H]2CN(CCc3c([nH]c4ccccc34)[C@@](C(=O)OC)(c3cc4c(cc3OC)N(C)[C@H]3[C@@](O)(C(=O)OC)[C@H](OC(C)=O)[C@]5(CC)C=CCN6CC[C@]43[C@@H]65)C2)C1.CC[C@]12CN3CCc4c([nH]c5ccccc45)[C@@](C(=O)OC)(c4cc5c(cc4OC)N(C)[C@H]4[C@@](O)(C(=O)OC)[C@H](OC(C)=O)[C@]6(CC)C=CCN7CC[C@]54[C@@H]76)C[C@H](C3)[C@H]1O2. The molecule has 21 atom stereocenters. The third-order valence-electron chi connectivity index (χ3n) is 34.6. The summed E-state index contributed by atoms with van der Waals surface area (Å²) >= 11 is 0. The fourth-order valence-electron chi connectivity index (χ4n) is 29.3. The summed E-state index contributed by atoms with van der Waals surface area (Å²) in [5.74, 6) is -4.15. The second-order valence-electron chi connectivity index (χ2n) is 41.0. The number of para-hydroxylation sites is 2. The molecule has 29 nitrogen and oxygen atoms in total. The highest BCUT2D eigenvalue weighted by Gasteiger charge is 2.83. The van der Waals surface area contributed by atoms with Gasteiger partial charge in [-0.3, -0.25) is 48.4 Å². The van der Waals surface area contributed by atoms with Crippen LogP contribution in [0.25, 0.3) is 27.6 Å². The molecule has 29 heteroatoms. The molecule has 6 N–H and O–H groups in total. The lowest BCUT2D eigenvalue weighted by Crippen LogP contribution is -2.81. The number of rotatable bonds is 16. The number of likely N-dealkylation sites (N-methyl/N-ethyl adjacent to an activating group) is 2. The molecule has 136 heavy (non-hydrogen) atoms. The Morgan fingerprint density at radius 3 is 1.43 bits per heavy atom. The van der Waals surface area contributed by atoms with E-state index in [0.29, 0.717) is 138 Å². The molecule has 13 heterocycles. The second-order valence-corrected chi connectivity index (χ2v) is 41.0. The van der Waals surface area contributed by atoms with Crippen LogP contribution in [-0.4, -0.2) is 284 Å². The van der Waals surface area contributed by atoms with Gasteiger partial charge in [0.2, 0.25) is 22.8 Å². The van der Waals surface area contributed by atoms with Gasteiger partial charge in [0.1, 0.15) is 33.7 Å². The molecule has 21 rings (SSSR count). The molecule has 11 aliphatic heterocycles. The zero-order valence-corrected chi connectivity index (χ0v) is 80.8. The summed E-state index contributed by atoms with van der Waals surface area (Å²) in [7, 11) is 12.4. The van der Waals surface area contributed by atoms with Gasteiger partial charge < -0.3 is 82.8 Å². The number of carbonyl (C=O) groups excluding carboxylic acids is 8. The number of piperidine rings is 2. The first-order chi connectivity index (χ1) is 65.1. The van der Waals surface area contributed by atoms with Crippen LogP contribution in [0, 0.1) is 22.7 Å². The number of nitrogens with zero attached hydrogens (tertiary/aromatic N) is 6. The molecule has 2 spiro atoms. The maximum atomic E-state index is 15.4. The van der Waals surface area contributed by atoms with Crippen LogP contribution in [-0.2, 0) is 101 Å². The molecule has 5 aromatic carbocycles. The van der Waals surface area contributed by atoms with Crippen LogP contribution in [0.2, 0.25) is 0 Å².